The van der Waals surface area contributed by atoms with Gasteiger partial charge in [-0.15, -0.1) is 0 Å². The molecule has 0 spiro atoms. The summed E-state index contributed by atoms with van der Waals surface area (Å²) in [5.41, 5.74) is 2.21. The lowest BCUT2D eigenvalue weighted by Crippen LogP contribution is -2.30. The number of carbonyl (C=O) groups excluding carboxylic acids is 1. The number of benzene rings is 3. The van der Waals surface area contributed by atoms with Gasteiger partial charge in [0.15, 0.2) is 11.5 Å². The summed E-state index contributed by atoms with van der Waals surface area (Å²) < 4.78 is 50.8. The van der Waals surface area contributed by atoms with Crippen molar-refractivity contribution >= 4 is 51.1 Å². The van der Waals surface area contributed by atoms with Crippen LogP contribution in [0.3, 0.4) is 0 Å². The van der Waals surface area contributed by atoms with Gasteiger partial charge in [0, 0.05) is 15.1 Å². The maximum Gasteiger partial charge on any atom is 0.357 e. The highest BCUT2D eigenvalue weighted by molar-refractivity contribution is 9.10. The first-order valence-corrected chi connectivity index (χ1v) is 16.7. The predicted molar refractivity (Wildman–Crippen MR) is 161 cm³/mol. The molecule has 216 valence electrons. The van der Waals surface area contributed by atoms with Crippen LogP contribution in [0.15, 0.2) is 88.2 Å². The van der Waals surface area contributed by atoms with Gasteiger partial charge in [-0.25, -0.2) is 18.2 Å². The highest BCUT2D eigenvalue weighted by atomic mass is 79.9. The van der Waals surface area contributed by atoms with E-state index in [4.69, 9.17) is 25.8 Å². The van der Waals surface area contributed by atoms with Crippen molar-refractivity contribution in [3.8, 4) is 16.9 Å². The molecule has 1 heterocycles. The monoisotopic (exact) mass is 680 g/mol. The second-order valence-electron chi connectivity index (χ2n) is 8.68. The second kappa shape index (κ2) is 13.0. The molecule has 41 heavy (non-hydrogen) atoms. The summed E-state index contributed by atoms with van der Waals surface area (Å²) >= 11 is 9.47. The number of carbonyl (C=O) groups is 1. The fourth-order valence-electron chi connectivity index (χ4n) is 4.03. The third-order valence-corrected chi connectivity index (χ3v) is 9.89. The van der Waals surface area contributed by atoms with Gasteiger partial charge in [0.05, 0.1) is 29.5 Å². The molecule has 1 unspecified atom stereocenters. The summed E-state index contributed by atoms with van der Waals surface area (Å²) in [6.45, 7) is 3.58. The summed E-state index contributed by atoms with van der Waals surface area (Å²) in [6, 6.07) is 21.2. The van der Waals surface area contributed by atoms with Crippen molar-refractivity contribution in [2.45, 2.75) is 24.5 Å². The first-order chi connectivity index (χ1) is 19.4. The van der Waals surface area contributed by atoms with Crippen LogP contribution in [0.25, 0.3) is 16.9 Å². The summed E-state index contributed by atoms with van der Waals surface area (Å²) in [5.74, 6) is -1.76. The van der Waals surface area contributed by atoms with E-state index in [1.54, 1.807) is 68.4 Å². The van der Waals surface area contributed by atoms with Gasteiger partial charge in [0.1, 0.15) is 0 Å². The van der Waals surface area contributed by atoms with Crippen LogP contribution >= 0.6 is 35.1 Å². The largest absolute Gasteiger partial charge is 0.357 e. The molecule has 4 rings (SSSR count). The predicted octanol–water partition coefficient (Wildman–Crippen LogP) is 6.30. The van der Waals surface area contributed by atoms with Crippen molar-refractivity contribution in [3.63, 3.8) is 0 Å². The Morgan fingerprint density at radius 1 is 1.02 bits per heavy atom. The minimum atomic E-state index is -3.90. The number of sulfonamides is 1. The summed E-state index contributed by atoms with van der Waals surface area (Å²) in [6.07, 6.45) is 0. The van der Waals surface area contributed by atoms with E-state index in [1.807, 2.05) is 0 Å². The zero-order valence-electron chi connectivity index (χ0n) is 22.0. The summed E-state index contributed by atoms with van der Waals surface area (Å²) in [5, 5.41) is 13.1. The number of primary sulfonamides is 1. The van der Waals surface area contributed by atoms with Crippen molar-refractivity contribution in [3.05, 3.63) is 99.6 Å². The third-order valence-electron chi connectivity index (χ3n) is 5.88. The zero-order valence-corrected chi connectivity index (χ0v) is 26.1. The molecule has 0 saturated heterocycles. The van der Waals surface area contributed by atoms with Gasteiger partial charge in [-0.2, -0.15) is 5.10 Å². The Balaban J connectivity index is 1.79. The highest BCUT2D eigenvalue weighted by Gasteiger charge is 2.39. The smallest absolute Gasteiger partial charge is 0.333 e. The van der Waals surface area contributed by atoms with E-state index in [1.165, 1.54) is 28.9 Å². The lowest BCUT2D eigenvalue weighted by Gasteiger charge is -2.27. The molecule has 0 saturated carbocycles. The van der Waals surface area contributed by atoms with Crippen molar-refractivity contribution in [2.24, 2.45) is 5.14 Å². The molecule has 1 atom stereocenters. The maximum absolute atomic E-state index is 13.9. The molecular weight excluding hydrogens is 655 g/mol. The van der Waals surface area contributed by atoms with Gasteiger partial charge < -0.3 is 14.4 Å². The van der Waals surface area contributed by atoms with Crippen LogP contribution in [-0.2, 0) is 23.6 Å². The Morgan fingerprint density at radius 2 is 1.61 bits per heavy atom. The van der Waals surface area contributed by atoms with Gasteiger partial charge in [0.2, 0.25) is 10.0 Å². The second-order valence-corrected chi connectivity index (χ2v) is 13.7. The number of hydrogen-bond donors (Lipinski definition) is 2. The number of halogens is 2. The zero-order chi connectivity index (χ0) is 29.8. The molecule has 0 bridgehead atoms. The average molecular weight is 682 g/mol. The van der Waals surface area contributed by atoms with Crippen LogP contribution in [0.2, 0.25) is 5.02 Å². The molecule has 1 aromatic heterocycles. The number of amides is 1. The molecule has 4 aromatic rings. The molecule has 0 fully saturated rings. The average Bonchev–Trinajstić information content (AvgIpc) is 3.38. The van der Waals surface area contributed by atoms with Crippen LogP contribution in [0.1, 0.15) is 35.7 Å². The third kappa shape index (κ3) is 7.34. The van der Waals surface area contributed by atoms with Crippen molar-refractivity contribution in [2.75, 3.05) is 13.2 Å². The van der Waals surface area contributed by atoms with Gasteiger partial charge >= 0.3 is 7.60 Å². The summed E-state index contributed by atoms with van der Waals surface area (Å²) in [7, 11) is -7.76. The van der Waals surface area contributed by atoms with E-state index in [0.717, 1.165) is 4.47 Å². The molecule has 3 aromatic carbocycles. The first-order valence-electron chi connectivity index (χ1n) is 12.4. The Labute approximate surface area is 251 Å². The first kappa shape index (κ1) is 31.1. The SMILES string of the molecule is CCOP(=O)(OCC)C(NC(=O)c1cc(-c2ccc(Cl)cc2)n(-c2ccc(S(N)(=O)=O)cc2)n1)c1ccc(Br)cc1. The minimum absolute atomic E-state index is 0.00660. The lowest BCUT2D eigenvalue weighted by molar-refractivity contribution is 0.0931. The van der Waals surface area contributed by atoms with Crippen LogP contribution in [0, 0.1) is 0 Å². The van der Waals surface area contributed by atoms with E-state index in [-0.39, 0.29) is 23.8 Å². The number of nitrogens with zero attached hydrogens (tertiary/aromatic N) is 2. The molecule has 14 heteroatoms. The van der Waals surface area contributed by atoms with Crippen LogP contribution in [-0.4, -0.2) is 37.3 Å². The van der Waals surface area contributed by atoms with Gasteiger partial charge in [-0.05, 0) is 74.0 Å². The maximum atomic E-state index is 13.9. The Morgan fingerprint density at radius 3 is 2.15 bits per heavy atom. The standard InChI is InChI=1S/C27H27BrClN4O6PS/c1-3-38-40(35,39-4-2)27(19-5-9-20(28)10-6-19)31-26(34)24-17-25(18-7-11-21(29)12-8-18)33(32-24)22-13-15-23(16-14-22)41(30,36)37/h5-17,27H,3-4H2,1-2H3,(H,31,34)(H2,30,36,37). The van der Waals surface area contributed by atoms with Gasteiger partial charge in [-0.3, -0.25) is 9.36 Å². The number of nitrogens with one attached hydrogen (secondary N) is 1. The van der Waals surface area contributed by atoms with Gasteiger partial charge in [-0.1, -0.05) is 51.8 Å². The Kier molecular flexibility index (Phi) is 9.86. The van der Waals surface area contributed by atoms with Crippen molar-refractivity contribution < 1.29 is 26.8 Å². The number of nitrogens with two attached hydrogens (primary N) is 1. The molecule has 0 aliphatic heterocycles. The topological polar surface area (TPSA) is 143 Å². The Hall–Kier alpha value is -2.83. The Bertz CT molecular complexity index is 1670. The molecule has 0 aliphatic rings. The van der Waals surface area contributed by atoms with E-state index in [0.29, 0.717) is 27.5 Å². The summed E-state index contributed by atoms with van der Waals surface area (Å²) in [4.78, 5) is 13.6. The van der Waals surface area contributed by atoms with E-state index in [9.17, 15) is 17.8 Å². The number of rotatable bonds is 11. The highest BCUT2D eigenvalue weighted by Crippen LogP contribution is 2.59. The van der Waals surface area contributed by atoms with E-state index >= 15 is 0 Å². The van der Waals surface area contributed by atoms with E-state index < -0.39 is 29.3 Å². The van der Waals surface area contributed by atoms with Crippen LogP contribution < -0.4 is 10.5 Å². The van der Waals surface area contributed by atoms with Gasteiger partial charge in [0.25, 0.3) is 5.91 Å². The fourth-order valence-corrected chi connectivity index (χ4v) is 6.84. The van der Waals surface area contributed by atoms with Crippen LogP contribution in [0.4, 0.5) is 0 Å². The number of aromatic nitrogens is 2. The van der Waals surface area contributed by atoms with Crippen molar-refractivity contribution in [1.29, 1.82) is 0 Å². The molecule has 1 amide bonds. The minimum Gasteiger partial charge on any atom is -0.333 e. The fraction of sp³-hybridized carbons (Fsp3) is 0.185. The molecule has 0 aliphatic carbocycles. The normalized spacial score (nSPS) is 12.7. The van der Waals surface area contributed by atoms with Crippen molar-refractivity contribution in [1.82, 2.24) is 15.1 Å². The van der Waals surface area contributed by atoms with Crippen LogP contribution in [0.5, 0.6) is 0 Å². The number of hydrogen-bond acceptors (Lipinski definition) is 7. The van der Waals surface area contributed by atoms with E-state index in [2.05, 4.69) is 26.3 Å². The quantitative estimate of drug-likeness (QED) is 0.177. The lowest BCUT2D eigenvalue weighted by atomic mass is 10.1. The molecule has 0 radical (unpaired) electrons. The molecule has 10 nitrogen and oxygen atoms in total. The molecular formula is C27H27BrClN4O6PS. The molecule has 3 N–H and O–H groups in total.